The molecule has 3 N–H and O–H groups in total. The van der Waals surface area contributed by atoms with Crippen LogP contribution in [-0.4, -0.2) is 60.5 Å². The zero-order chi connectivity index (χ0) is 26.3. The van der Waals surface area contributed by atoms with Gasteiger partial charge in [0.05, 0.1) is 22.8 Å². The summed E-state index contributed by atoms with van der Waals surface area (Å²) in [7, 11) is 1.69. The summed E-state index contributed by atoms with van der Waals surface area (Å²) in [5.41, 5.74) is 0.942. The van der Waals surface area contributed by atoms with E-state index in [9.17, 15) is 23.8 Å². The van der Waals surface area contributed by atoms with Crippen molar-refractivity contribution in [1.29, 1.82) is 0 Å². The van der Waals surface area contributed by atoms with Crippen molar-refractivity contribution < 1.29 is 19.0 Å². The lowest BCUT2D eigenvalue weighted by molar-refractivity contribution is -0.0787. The first-order valence-corrected chi connectivity index (χ1v) is 12.2. The number of aliphatic hydroxyl groups is 2. The van der Waals surface area contributed by atoms with Crippen LogP contribution in [0.15, 0.2) is 29.2 Å². The molecule has 0 amide bonds. The number of aryl methyl sites for hydroxylation is 2. The molecule has 1 aliphatic heterocycles. The van der Waals surface area contributed by atoms with Crippen LogP contribution in [0.1, 0.15) is 33.1 Å². The Kier molecular flexibility index (Phi) is 7.27. The number of anilines is 3. The predicted molar refractivity (Wildman–Crippen MR) is 135 cm³/mol. The van der Waals surface area contributed by atoms with Crippen LogP contribution in [0.5, 0.6) is 0 Å². The monoisotopic (exact) mass is 524 g/mol. The molecule has 1 saturated heterocycles. The number of alkyl halides is 2. The van der Waals surface area contributed by atoms with E-state index in [0.717, 1.165) is 5.52 Å². The van der Waals surface area contributed by atoms with Crippen molar-refractivity contribution in [1.82, 2.24) is 19.1 Å². The smallest absolute Gasteiger partial charge is 0.328 e. The van der Waals surface area contributed by atoms with Gasteiger partial charge in [-0.05, 0) is 44.9 Å². The Bertz CT molecular complexity index is 1300. The Morgan fingerprint density at radius 3 is 2.75 bits per heavy atom. The van der Waals surface area contributed by atoms with Crippen LogP contribution in [0.3, 0.4) is 0 Å². The zero-order valence-corrected chi connectivity index (χ0v) is 21.3. The molecule has 1 fully saturated rings. The van der Waals surface area contributed by atoms with Crippen LogP contribution in [0.25, 0.3) is 11.0 Å². The standard InChI is InChI=1S/C24H31ClF2N6O3/c1-23(2,36)7-10-33-19-12-16(4-5-18(19)31(3)22(33)35)29-20-17(25)13-28-21(30-20)32-9-8-24(26,27)15(14-32)6-11-34/h4-5,12-13,15,34,36H,6-11,14H2,1-3H3,(H,28,29,30). The van der Waals surface area contributed by atoms with Crippen LogP contribution < -0.4 is 15.9 Å². The highest BCUT2D eigenvalue weighted by Gasteiger charge is 2.44. The van der Waals surface area contributed by atoms with Crippen LogP contribution in [0.4, 0.5) is 26.2 Å². The molecule has 3 heterocycles. The largest absolute Gasteiger partial charge is 0.396 e. The molecule has 0 bridgehead atoms. The molecule has 1 atom stereocenters. The second-order valence-corrected chi connectivity index (χ2v) is 10.3. The number of aromatic nitrogens is 4. The number of hydrogen-bond donors (Lipinski definition) is 3. The number of benzene rings is 1. The third kappa shape index (κ3) is 5.47. The fourth-order valence-electron chi connectivity index (χ4n) is 4.44. The highest BCUT2D eigenvalue weighted by Crippen LogP contribution is 2.37. The number of imidazole rings is 1. The van der Waals surface area contributed by atoms with Crippen molar-refractivity contribution in [3.8, 4) is 0 Å². The molecule has 12 heteroatoms. The lowest BCUT2D eigenvalue weighted by atomic mass is 9.91. The average molecular weight is 525 g/mol. The first-order chi connectivity index (χ1) is 16.9. The maximum absolute atomic E-state index is 14.2. The summed E-state index contributed by atoms with van der Waals surface area (Å²) in [4.78, 5) is 23.2. The summed E-state index contributed by atoms with van der Waals surface area (Å²) >= 11 is 6.34. The fraction of sp³-hybridized carbons (Fsp3) is 0.542. The molecule has 0 radical (unpaired) electrons. The normalized spacial score (nSPS) is 18.1. The van der Waals surface area contributed by atoms with Crippen molar-refractivity contribution in [2.45, 2.75) is 51.2 Å². The molecule has 2 aromatic heterocycles. The van der Waals surface area contributed by atoms with Gasteiger partial charge >= 0.3 is 5.69 Å². The molecular weight excluding hydrogens is 494 g/mol. The number of nitrogens with one attached hydrogen (secondary N) is 1. The van der Waals surface area contributed by atoms with Crippen LogP contribution >= 0.6 is 11.6 Å². The summed E-state index contributed by atoms with van der Waals surface area (Å²) in [6, 6.07) is 5.40. The number of hydrogen-bond acceptors (Lipinski definition) is 7. The molecule has 3 aromatic rings. The van der Waals surface area contributed by atoms with Crippen molar-refractivity contribution in [3.05, 3.63) is 39.9 Å². The Hall–Kier alpha value is -2.76. The van der Waals surface area contributed by atoms with Crippen molar-refractivity contribution in [3.63, 3.8) is 0 Å². The second kappa shape index (κ2) is 9.95. The topological polar surface area (TPSA) is 108 Å². The predicted octanol–water partition coefficient (Wildman–Crippen LogP) is 3.53. The van der Waals surface area contributed by atoms with E-state index in [1.165, 1.54) is 6.20 Å². The highest BCUT2D eigenvalue weighted by atomic mass is 35.5. The first kappa shape index (κ1) is 26.3. The van der Waals surface area contributed by atoms with Crippen molar-refractivity contribution in [2.24, 2.45) is 13.0 Å². The summed E-state index contributed by atoms with van der Waals surface area (Å²) in [5, 5.41) is 22.7. The Morgan fingerprint density at radius 2 is 2.06 bits per heavy atom. The molecule has 0 aliphatic carbocycles. The Balaban J connectivity index is 1.61. The van der Waals surface area contributed by atoms with Crippen molar-refractivity contribution in [2.75, 3.05) is 29.9 Å². The van der Waals surface area contributed by atoms with E-state index in [1.54, 1.807) is 47.1 Å². The van der Waals surface area contributed by atoms with Gasteiger partial charge in [-0.3, -0.25) is 9.13 Å². The van der Waals surface area contributed by atoms with E-state index in [1.807, 2.05) is 6.07 Å². The van der Waals surface area contributed by atoms with Gasteiger partial charge in [0.2, 0.25) is 5.95 Å². The lowest BCUT2D eigenvalue weighted by Crippen LogP contribution is -2.48. The maximum Gasteiger partial charge on any atom is 0.328 e. The number of aliphatic hydroxyl groups excluding tert-OH is 1. The van der Waals surface area contributed by atoms with Gasteiger partial charge < -0.3 is 20.4 Å². The minimum Gasteiger partial charge on any atom is -0.396 e. The van der Waals surface area contributed by atoms with E-state index in [4.69, 9.17) is 11.6 Å². The Morgan fingerprint density at radius 1 is 1.31 bits per heavy atom. The number of halogens is 3. The SMILES string of the molecule is Cn1c(=O)n(CCC(C)(C)O)c2cc(Nc3nc(N4CCC(F)(F)C(CCO)C4)ncc3Cl)ccc21. The molecule has 0 spiro atoms. The van der Waals surface area contributed by atoms with Gasteiger partial charge in [0.1, 0.15) is 5.02 Å². The van der Waals surface area contributed by atoms with E-state index >= 15 is 0 Å². The van der Waals surface area contributed by atoms with Gasteiger partial charge in [0.15, 0.2) is 5.82 Å². The van der Waals surface area contributed by atoms with Gasteiger partial charge in [0.25, 0.3) is 5.92 Å². The molecule has 36 heavy (non-hydrogen) atoms. The summed E-state index contributed by atoms with van der Waals surface area (Å²) in [6.45, 7) is 3.53. The van der Waals surface area contributed by atoms with Crippen molar-refractivity contribution >= 4 is 40.1 Å². The van der Waals surface area contributed by atoms with Gasteiger partial charge in [-0.1, -0.05) is 11.6 Å². The third-order valence-corrected chi connectivity index (χ3v) is 6.88. The molecule has 1 aromatic carbocycles. The average Bonchev–Trinajstić information content (AvgIpc) is 3.04. The molecule has 4 rings (SSSR count). The summed E-state index contributed by atoms with van der Waals surface area (Å²) in [5.74, 6) is -3.27. The number of rotatable bonds is 8. The summed E-state index contributed by atoms with van der Waals surface area (Å²) in [6.07, 6.45) is 1.46. The molecule has 196 valence electrons. The third-order valence-electron chi connectivity index (χ3n) is 6.60. The quantitative estimate of drug-likeness (QED) is 0.413. The van der Waals surface area contributed by atoms with Gasteiger partial charge in [-0.25, -0.2) is 18.6 Å². The molecule has 9 nitrogen and oxygen atoms in total. The second-order valence-electron chi connectivity index (χ2n) is 9.92. The van der Waals surface area contributed by atoms with Gasteiger partial charge in [-0.15, -0.1) is 0 Å². The first-order valence-electron chi connectivity index (χ1n) is 11.8. The molecule has 1 aliphatic rings. The Labute approximate surface area is 212 Å². The van der Waals surface area contributed by atoms with Crippen LogP contribution in [0.2, 0.25) is 5.02 Å². The zero-order valence-electron chi connectivity index (χ0n) is 20.5. The van der Waals surface area contributed by atoms with E-state index in [0.29, 0.717) is 30.0 Å². The minimum atomic E-state index is -2.85. The van der Waals surface area contributed by atoms with Gasteiger partial charge in [0, 0.05) is 51.3 Å². The number of nitrogens with zero attached hydrogens (tertiary/aromatic N) is 5. The lowest BCUT2D eigenvalue weighted by Gasteiger charge is -2.38. The molecular formula is C24H31ClF2N6O3. The molecule has 0 saturated carbocycles. The van der Waals surface area contributed by atoms with E-state index in [2.05, 4.69) is 15.3 Å². The number of fused-ring (bicyclic) bond motifs is 1. The minimum absolute atomic E-state index is 0.00550. The fourth-order valence-corrected chi connectivity index (χ4v) is 4.58. The van der Waals surface area contributed by atoms with E-state index in [-0.39, 0.29) is 49.2 Å². The highest BCUT2D eigenvalue weighted by molar-refractivity contribution is 6.32. The molecule has 1 unspecified atom stereocenters. The van der Waals surface area contributed by atoms with Crippen LogP contribution in [0, 0.1) is 5.92 Å². The number of piperidine rings is 1. The van der Waals surface area contributed by atoms with Gasteiger partial charge in [-0.2, -0.15) is 4.98 Å². The summed E-state index contributed by atoms with van der Waals surface area (Å²) < 4.78 is 31.6. The maximum atomic E-state index is 14.2. The van der Waals surface area contributed by atoms with E-state index < -0.39 is 17.4 Å². The van der Waals surface area contributed by atoms with Crippen LogP contribution in [-0.2, 0) is 13.6 Å².